The topological polar surface area (TPSA) is 84.1 Å². The molecular formula is C16H25N5O. The molecular weight excluding hydrogens is 278 g/mol. The molecule has 1 spiro atoms. The zero-order valence-electron chi connectivity index (χ0n) is 13.5. The molecule has 3 N–H and O–H groups in total. The third-order valence-corrected chi connectivity index (χ3v) is 5.11. The number of hydrogen-bond acceptors (Lipinski definition) is 5. The van der Waals surface area contributed by atoms with Crippen LogP contribution >= 0.6 is 0 Å². The number of carbonyl (C=O) groups is 1. The number of hydrogen-bond donors (Lipinski definition) is 2. The van der Waals surface area contributed by atoms with Gasteiger partial charge in [0, 0.05) is 42.0 Å². The SMILES string of the molecule is Cc1nc(N)nc(C)c1CC(=O)N1CCC[C@@]2(CCNC2)C1. The molecule has 1 atom stereocenters. The van der Waals surface area contributed by atoms with Gasteiger partial charge in [0.15, 0.2) is 0 Å². The van der Waals surface area contributed by atoms with Crippen molar-refractivity contribution in [3.05, 3.63) is 17.0 Å². The van der Waals surface area contributed by atoms with Gasteiger partial charge in [-0.05, 0) is 39.7 Å². The number of carbonyl (C=O) groups excluding carboxylic acids is 1. The lowest BCUT2D eigenvalue weighted by Gasteiger charge is -2.40. The summed E-state index contributed by atoms with van der Waals surface area (Å²) in [7, 11) is 0. The lowest BCUT2D eigenvalue weighted by atomic mass is 9.79. The standard InChI is InChI=1S/C16H25N5O/c1-11-13(12(2)20-15(17)19-11)8-14(22)21-7-3-4-16(10-21)5-6-18-9-16/h18H,3-10H2,1-2H3,(H2,17,19,20)/t16-/m0/s1. The first kappa shape index (κ1) is 15.2. The number of amides is 1. The van der Waals surface area contributed by atoms with Crippen molar-refractivity contribution in [2.24, 2.45) is 5.41 Å². The Labute approximate surface area is 131 Å². The highest BCUT2D eigenvalue weighted by molar-refractivity contribution is 5.79. The molecule has 1 aromatic rings. The second-order valence-electron chi connectivity index (χ2n) is 6.75. The van der Waals surface area contributed by atoms with Gasteiger partial charge in [0.25, 0.3) is 0 Å². The highest BCUT2D eigenvalue weighted by atomic mass is 16.2. The Morgan fingerprint density at radius 1 is 1.32 bits per heavy atom. The molecule has 3 heterocycles. The number of aromatic nitrogens is 2. The van der Waals surface area contributed by atoms with Gasteiger partial charge in [-0.25, -0.2) is 9.97 Å². The first-order valence-electron chi connectivity index (χ1n) is 8.07. The number of piperidine rings is 1. The lowest BCUT2D eigenvalue weighted by Crippen LogP contribution is -2.47. The van der Waals surface area contributed by atoms with E-state index in [1.54, 1.807) is 0 Å². The van der Waals surface area contributed by atoms with Gasteiger partial charge in [0.05, 0.1) is 6.42 Å². The minimum absolute atomic E-state index is 0.186. The van der Waals surface area contributed by atoms with E-state index in [4.69, 9.17) is 5.73 Å². The molecule has 6 heteroatoms. The highest BCUT2D eigenvalue weighted by Gasteiger charge is 2.39. The second-order valence-corrected chi connectivity index (χ2v) is 6.75. The van der Waals surface area contributed by atoms with Crippen LogP contribution in [0.1, 0.15) is 36.2 Å². The molecule has 22 heavy (non-hydrogen) atoms. The Morgan fingerprint density at radius 2 is 2.05 bits per heavy atom. The Morgan fingerprint density at radius 3 is 2.68 bits per heavy atom. The molecule has 0 aromatic carbocycles. The smallest absolute Gasteiger partial charge is 0.227 e. The van der Waals surface area contributed by atoms with E-state index in [0.717, 1.165) is 49.6 Å². The summed E-state index contributed by atoms with van der Waals surface area (Å²) in [6.45, 7) is 7.66. The summed E-state index contributed by atoms with van der Waals surface area (Å²) < 4.78 is 0. The number of aryl methyl sites for hydroxylation is 2. The van der Waals surface area contributed by atoms with Crippen LogP contribution in [0.2, 0.25) is 0 Å². The summed E-state index contributed by atoms with van der Waals surface area (Å²) in [5, 5.41) is 3.44. The molecule has 1 amide bonds. The first-order valence-corrected chi connectivity index (χ1v) is 8.07. The molecule has 120 valence electrons. The number of nitrogen functional groups attached to an aromatic ring is 1. The van der Waals surface area contributed by atoms with Crippen LogP contribution in [-0.2, 0) is 11.2 Å². The number of likely N-dealkylation sites (tertiary alicyclic amines) is 1. The van der Waals surface area contributed by atoms with Gasteiger partial charge in [0.1, 0.15) is 0 Å². The lowest BCUT2D eigenvalue weighted by molar-refractivity contribution is -0.133. The summed E-state index contributed by atoms with van der Waals surface area (Å²) in [4.78, 5) is 23.1. The fourth-order valence-corrected chi connectivity index (χ4v) is 3.85. The minimum Gasteiger partial charge on any atom is -0.368 e. The highest BCUT2D eigenvalue weighted by Crippen LogP contribution is 2.35. The van der Waals surface area contributed by atoms with Crippen molar-refractivity contribution in [3.8, 4) is 0 Å². The minimum atomic E-state index is 0.186. The van der Waals surface area contributed by atoms with Crippen LogP contribution < -0.4 is 11.1 Å². The van der Waals surface area contributed by atoms with E-state index in [1.165, 1.54) is 12.8 Å². The van der Waals surface area contributed by atoms with Crippen molar-refractivity contribution in [1.82, 2.24) is 20.2 Å². The Hall–Kier alpha value is -1.69. The van der Waals surface area contributed by atoms with Crippen LogP contribution in [0.4, 0.5) is 5.95 Å². The quantitative estimate of drug-likeness (QED) is 0.845. The fraction of sp³-hybridized carbons (Fsp3) is 0.688. The van der Waals surface area contributed by atoms with Gasteiger partial charge in [0.2, 0.25) is 11.9 Å². The maximum absolute atomic E-state index is 12.7. The number of nitrogens with one attached hydrogen (secondary N) is 1. The third kappa shape index (κ3) is 2.92. The average molecular weight is 303 g/mol. The summed E-state index contributed by atoms with van der Waals surface area (Å²) in [6.07, 6.45) is 3.89. The average Bonchev–Trinajstić information content (AvgIpc) is 2.90. The van der Waals surface area contributed by atoms with E-state index in [1.807, 2.05) is 18.7 Å². The van der Waals surface area contributed by atoms with E-state index >= 15 is 0 Å². The van der Waals surface area contributed by atoms with Crippen molar-refractivity contribution in [2.75, 3.05) is 31.9 Å². The van der Waals surface area contributed by atoms with Crippen molar-refractivity contribution in [3.63, 3.8) is 0 Å². The van der Waals surface area contributed by atoms with E-state index in [9.17, 15) is 4.79 Å². The van der Waals surface area contributed by atoms with Crippen LogP contribution in [-0.4, -0.2) is 47.0 Å². The fourth-order valence-electron chi connectivity index (χ4n) is 3.85. The van der Waals surface area contributed by atoms with E-state index in [0.29, 0.717) is 11.8 Å². The van der Waals surface area contributed by atoms with Crippen LogP contribution in [0, 0.1) is 19.3 Å². The maximum Gasteiger partial charge on any atom is 0.227 e. The maximum atomic E-state index is 12.7. The van der Waals surface area contributed by atoms with Gasteiger partial charge >= 0.3 is 0 Å². The predicted octanol–water partition coefficient (Wildman–Crippen LogP) is 0.820. The molecule has 0 bridgehead atoms. The Kier molecular flexibility index (Phi) is 4.04. The Bertz CT molecular complexity index is 557. The molecule has 0 aliphatic carbocycles. The zero-order chi connectivity index (χ0) is 15.7. The molecule has 0 saturated carbocycles. The van der Waals surface area contributed by atoms with Crippen molar-refractivity contribution >= 4 is 11.9 Å². The van der Waals surface area contributed by atoms with Crippen LogP contribution in [0.5, 0.6) is 0 Å². The van der Waals surface area contributed by atoms with Gasteiger partial charge < -0.3 is 16.0 Å². The molecule has 2 aliphatic rings. The number of nitrogens with two attached hydrogens (primary N) is 1. The molecule has 2 saturated heterocycles. The normalized spacial score (nSPS) is 24.9. The third-order valence-electron chi connectivity index (χ3n) is 5.11. The molecule has 6 nitrogen and oxygen atoms in total. The van der Waals surface area contributed by atoms with Crippen molar-refractivity contribution in [1.29, 1.82) is 0 Å². The molecule has 0 radical (unpaired) electrons. The summed E-state index contributed by atoms with van der Waals surface area (Å²) >= 11 is 0. The molecule has 3 rings (SSSR count). The van der Waals surface area contributed by atoms with E-state index in [2.05, 4.69) is 15.3 Å². The van der Waals surface area contributed by atoms with Gasteiger partial charge in [-0.15, -0.1) is 0 Å². The van der Waals surface area contributed by atoms with Gasteiger partial charge in [-0.1, -0.05) is 0 Å². The largest absolute Gasteiger partial charge is 0.368 e. The molecule has 0 unspecified atom stereocenters. The van der Waals surface area contributed by atoms with Gasteiger partial charge in [-0.2, -0.15) is 0 Å². The molecule has 1 aromatic heterocycles. The Balaban J connectivity index is 1.72. The summed E-state index contributed by atoms with van der Waals surface area (Å²) in [5.74, 6) is 0.464. The van der Waals surface area contributed by atoms with E-state index < -0.39 is 0 Å². The zero-order valence-corrected chi connectivity index (χ0v) is 13.5. The van der Waals surface area contributed by atoms with Crippen LogP contribution in [0.3, 0.4) is 0 Å². The predicted molar refractivity (Wildman–Crippen MR) is 85.4 cm³/mol. The monoisotopic (exact) mass is 303 g/mol. The second kappa shape index (κ2) is 5.83. The molecule has 2 fully saturated rings. The van der Waals surface area contributed by atoms with Crippen molar-refractivity contribution in [2.45, 2.75) is 39.5 Å². The van der Waals surface area contributed by atoms with Crippen LogP contribution in [0.25, 0.3) is 0 Å². The first-order chi connectivity index (χ1) is 10.5. The number of nitrogens with zero attached hydrogens (tertiary/aromatic N) is 3. The molecule has 2 aliphatic heterocycles. The van der Waals surface area contributed by atoms with Crippen molar-refractivity contribution < 1.29 is 4.79 Å². The number of rotatable bonds is 2. The van der Waals surface area contributed by atoms with Gasteiger partial charge in [-0.3, -0.25) is 4.79 Å². The van der Waals surface area contributed by atoms with E-state index in [-0.39, 0.29) is 11.9 Å². The summed E-state index contributed by atoms with van der Waals surface area (Å²) in [5.41, 5.74) is 8.50. The number of anilines is 1. The summed E-state index contributed by atoms with van der Waals surface area (Å²) in [6, 6.07) is 0. The van der Waals surface area contributed by atoms with Crippen LogP contribution in [0.15, 0.2) is 0 Å².